The predicted octanol–water partition coefficient (Wildman–Crippen LogP) is 4.59. The predicted molar refractivity (Wildman–Crippen MR) is 142 cm³/mol. The maximum Gasteiger partial charge on any atom is 0.260 e. The molecular formula is C26H32ClN3O4S. The van der Waals surface area contributed by atoms with Crippen molar-refractivity contribution in [3.05, 3.63) is 47.0 Å². The van der Waals surface area contributed by atoms with Crippen LogP contribution in [0, 0.1) is 0 Å². The lowest BCUT2D eigenvalue weighted by Gasteiger charge is -2.29. The Bertz CT molecular complexity index is 1140. The number of hydrogen-bond acceptors (Lipinski definition) is 7. The highest BCUT2D eigenvalue weighted by atomic mass is 35.5. The van der Waals surface area contributed by atoms with Gasteiger partial charge in [-0.3, -0.25) is 14.6 Å². The van der Waals surface area contributed by atoms with E-state index in [1.54, 1.807) is 14.2 Å². The van der Waals surface area contributed by atoms with Crippen LogP contribution in [0.4, 0.5) is 5.13 Å². The quantitative estimate of drug-likeness (QED) is 0.456. The van der Waals surface area contributed by atoms with Crippen molar-refractivity contribution in [3.8, 4) is 11.5 Å². The Morgan fingerprint density at radius 2 is 1.77 bits per heavy atom. The number of fused-ring (bicyclic) bond motifs is 2. The van der Waals surface area contributed by atoms with E-state index in [2.05, 4.69) is 17.0 Å². The molecule has 3 aromatic rings. The van der Waals surface area contributed by atoms with Crippen LogP contribution < -0.4 is 14.4 Å². The van der Waals surface area contributed by atoms with E-state index in [9.17, 15) is 4.79 Å². The maximum atomic E-state index is 13.9. The lowest BCUT2D eigenvalue weighted by molar-refractivity contribution is 0.0391. The summed E-state index contributed by atoms with van der Waals surface area (Å²) in [6, 6.07) is 9.93. The summed E-state index contributed by atoms with van der Waals surface area (Å²) >= 11 is 1.47. The summed E-state index contributed by atoms with van der Waals surface area (Å²) in [6.07, 6.45) is 4.55. The Hall–Kier alpha value is -2.39. The molecule has 1 amide bonds. The molecule has 7 nitrogen and oxygen atoms in total. The number of benzene rings is 2. The molecule has 0 bridgehead atoms. The molecule has 0 atom stereocenters. The second-order valence-electron chi connectivity index (χ2n) is 8.75. The van der Waals surface area contributed by atoms with E-state index in [-0.39, 0.29) is 18.3 Å². The molecule has 0 unspecified atom stereocenters. The summed E-state index contributed by atoms with van der Waals surface area (Å²) in [5, 5.41) is 0.661. The first-order chi connectivity index (χ1) is 16.7. The Morgan fingerprint density at radius 3 is 2.51 bits per heavy atom. The molecule has 0 N–H and O–H groups in total. The number of nitrogens with zero attached hydrogens (tertiary/aromatic N) is 3. The van der Waals surface area contributed by atoms with Crippen LogP contribution in [-0.4, -0.2) is 69.4 Å². The van der Waals surface area contributed by atoms with Crippen molar-refractivity contribution in [1.29, 1.82) is 0 Å². The molecule has 2 aliphatic rings. The van der Waals surface area contributed by atoms with Gasteiger partial charge in [0.1, 0.15) is 21.7 Å². The number of carbonyl (C=O) groups is 1. The van der Waals surface area contributed by atoms with Crippen molar-refractivity contribution in [2.24, 2.45) is 0 Å². The Kier molecular flexibility index (Phi) is 8.49. The number of anilines is 1. The standard InChI is InChI=1S/C26H31N3O4S.ClH/c1-31-21-9-10-22(32-2)24-23(21)27-26(34-24)29(12-11-28-13-15-33-16-14-28)25(30)20-8-7-18-5-3-4-6-19(18)17-20;/h7-10,17H,3-6,11-16H2,1-2H3;1H. The highest BCUT2D eigenvalue weighted by Crippen LogP contribution is 2.40. The van der Waals surface area contributed by atoms with E-state index >= 15 is 0 Å². The fraction of sp³-hybridized carbons (Fsp3) is 0.462. The second kappa shape index (κ2) is 11.6. The zero-order valence-electron chi connectivity index (χ0n) is 20.2. The van der Waals surface area contributed by atoms with Gasteiger partial charge >= 0.3 is 0 Å². The second-order valence-corrected chi connectivity index (χ2v) is 9.72. The lowest BCUT2D eigenvalue weighted by Crippen LogP contribution is -2.43. The average molecular weight is 518 g/mol. The Morgan fingerprint density at radius 1 is 1.06 bits per heavy atom. The third-order valence-corrected chi connectivity index (χ3v) is 7.81. The van der Waals surface area contributed by atoms with Gasteiger partial charge in [-0.2, -0.15) is 0 Å². The molecule has 1 aliphatic carbocycles. The van der Waals surface area contributed by atoms with Gasteiger partial charge in [-0.25, -0.2) is 4.98 Å². The normalized spacial score (nSPS) is 15.8. The van der Waals surface area contributed by atoms with E-state index in [1.807, 2.05) is 23.1 Å². The molecule has 0 saturated carbocycles. The van der Waals surface area contributed by atoms with Gasteiger partial charge in [0.05, 0.1) is 27.4 Å². The van der Waals surface area contributed by atoms with Crippen molar-refractivity contribution in [1.82, 2.24) is 9.88 Å². The largest absolute Gasteiger partial charge is 0.495 e. The van der Waals surface area contributed by atoms with Crippen molar-refractivity contribution in [3.63, 3.8) is 0 Å². The number of aromatic nitrogens is 1. The van der Waals surface area contributed by atoms with Gasteiger partial charge < -0.3 is 14.2 Å². The number of thiazole rings is 1. The average Bonchev–Trinajstić information content (AvgIpc) is 3.33. The number of ether oxygens (including phenoxy) is 3. The van der Waals surface area contributed by atoms with Gasteiger partial charge in [0.15, 0.2) is 5.13 Å². The number of carbonyl (C=O) groups excluding carboxylic acids is 1. The van der Waals surface area contributed by atoms with Crippen LogP contribution in [-0.2, 0) is 17.6 Å². The first kappa shape index (κ1) is 25.7. The molecule has 2 heterocycles. The van der Waals surface area contributed by atoms with Crippen molar-refractivity contribution in [2.75, 3.05) is 58.5 Å². The number of methoxy groups -OCH3 is 2. The summed E-state index contributed by atoms with van der Waals surface area (Å²) in [5.74, 6) is 1.39. The summed E-state index contributed by atoms with van der Waals surface area (Å²) in [5.41, 5.74) is 4.12. The molecule has 35 heavy (non-hydrogen) atoms. The van der Waals surface area contributed by atoms with Crippen LogP contribution >= 0.6 is 23.7 Å². The first-order valence-electron chi connectivity index (χ1n) is 11.9. The van der Waals surface area contributed by atoms with Gasteiger partial charge in [-0.05, 0) is 61.1 Å². The smallest absolute Gasteiger partial charge is 0.260 e. The maximum absolute atomic E-state index is 13.9. The highest BCUT2D eigenvalue weighted by Gasteiger charge is 2.25. The number of halogens is 1. The summed E-state index contributed by atoms with van der Waals surface area (Å²) < 4.78 is 17.5. The molecule has 1 fully saturated rings. The third kappa shape index (κ3) is 5.40. The number of amides is 1. The molecular weight excluding hydrogens is 486 g/mol. The fourth-order valence-corrected chi connectivity index (χ4v) is 5.86. The lowest BCUT2D eigenvalue weighted by atomic mass is 9.90. The van der Waals surface area contributed by atoms with E-state index in [4.69, 9.17) is 19.2 Å². The van der Waals surface area contributed by atoms with Crippen LogP contribution in [0.3, 0.4) is 0 Å². The van der Waals surface area contributed by atoms with E-state index < -0.39 is 0 Å². The van der Waals surface area contributed by atoms with Gasteiger partial charge in [0.25, 0.3) is 5.91 Å². The number of hydrogen-bond donors (Lipinski definition) is 0. The summed E-state index contributed by atoms with van der Waals surface area (Å²) in [6.45, 7) is 4.54. The topological polar surface area (TPSA) is 64.1 Å². The molecule has 0 radical (unpaired) electrons. The molecule has 2 aromatic carbocycles. The molecule has 1 aromatic heterocycles. The molecule has 0 spiro atoms. The van der Waals surface area contributed by atoms with E-state index in [0.29, 0.717) is 17.4 Å². The minimum atomic E-state index is -0.0152. The third-order valence-electron chi connectivity index (χ3n) is 6.71. The van der Waals surface area contributed by atoms with Gasteiger partial charge in [-0.15, -0.1) is 12.4 Å². The fourth-order valence-electron chi connectivity index (χ4n) is 4.76. The molecule has 1 saturated heterocycles. The SMILES string of the molecule is COc1ccc(OC)c2sc(N(CCN3CCOCC3)C(=O)c3ccc4c(c3)CCCC4)nc12.Cl. The van der Waals surface area contributed by atoms with Crippen molar-refractivity contribution < 1.29 is 19.0 Å². The van der Waals surface area contributed by atoms with Crippen molar-refractivity contribution in [2.45, 2.75) is 25.7 Å². The van der Waals surface area contributed by atoms with Crippen molar-refractivity contribution >= 4 is 45.0 Å². The molecule has 188 valence electrons. The Balaban J connectivity index is 0.00000289. The van der Waals surface area contributed by atoms with Gasteiger partial charge in [0, 0.05) is 31.7 Å². The first-order valence-corrected chi connectivity index (χ1v) is 12.7. The monoisotopic (exact) mass is 517 g/mol. The molecule has 1 aliphatic heterocycles. The minimum absolute atomic E-state index is 0. The molecule has 9 heteroatoms. The number of rotatable bonds is 7. The number of morpholine rings is 1. The van der Waals surface area contributed by atoms with E-state index in [1.165, 1.54) is 35.3 Å². The molecule has 5 rings (SSSR count). The summed E-state index contributed by atoms with van der Waals surface area (Å²) in [7, 11) is 3.28. The zero-order valence-corrected chi connectivity index (χ0v) is 21.9. The Labute approximate surface area is 216 Å². The van der Waals surface area contributed by atoms with Crippen LogP contribution in [0.15, 0.2) is 30.3 Å². The van der Waals surface area contributed by atoms with Crippen LogP contribution in [0.1, 0.15) is 34.3 Å². The van der Waals surface area contributed by atoms with Gasteiger partial charge in [0.2, 0.25) is 0 Å². The van der Waals surface area contributed by atoms with Crippen LogP contribution in [0.5, 0.6) is 11.5 Å². The zero-order chi connectivity index (χ0) is 23.5. The van der Waals surface area contributed by atoms with Crippen LogP contribution in [0.25, 0.3) is 10.2 Å². The highest BCUT2D eigenvalue weighted by molar-refractivity contribution is 7.22. The minimum Gasteiger partial charge on any atom is -0.495 e. The van der Waals surface area contributed by atoms with E-state index in [0.717, 1.165) is 67.2 Å². The summed E-state index contributed by atoms with van der Waals surface area (Å²) in [4.78, 5) is 22.9. The number of aryl methyl sites for hydroxylation is 2. The van der Waals surface area contributed by atoms with Gasteiger partial charge in [-0.1, -0.05) is 17.4 Å². The van der Waals surface area contributed by atoms with Crippen LogP contribution in [0.2, 0.25) is 0 Å².